The van der Waals surface area contributed by atoms with Crippen LogP contribution in [0.15, 0.2) is 21.8 Å². The third-order valence-electron chi connectivity index (χ3n) is 3.64. The summed E-state index contributed by atoms with van der Waals surface area (Å²) >= 11 is 1.52. The van der Waals surface area contributed by atoms with Crippen LogP contribution in [-0.2, 0) is 4.84 Å². The maximum Gasteiger partial charge on any atom is 0.169 e. The van der Waals surface area contributed by atoms with Crippen LogP contribution in [-0.4, -0.2) is 15.8 Å². The van der Waals surface area contributed by atoms with Crippen LogP contribution in [0.25, 0.3) is 11.0 Å². The second-order valence-electron chi connectivity index (χ2n) is 6.19. The molecule has 0 aliphatic carbocycles. The van der Waals surface area contributed by atoms with Crippen LogP contribution in [0.2, 0.25) is 0 Å². The van der Waals surface area contributed by atoms with Crippen LogP contribution in [0.4, 0.5) is 10.1 Å². The number of nitrogens with zero attached hydrogens (tertiary/aromatic N) is 2. The number of fused-ring (bicyclic) bond motifs is 1. The van der Waals surface area contributed by atoms with Crippen LogP contribution < -0.4 is 5.73 Å². The molecular formula is C17H18FN3O2S. The quantitative estimate of drug-likeness (QED) is 0.664. The summed E-state index contributed by atoms with van der Waals surface area (Å²) in [6.45, 7) is 5.74. The third-order valence-corrected chi connectivity index (χ3v) is 4.80. The zero-order chi connectivity index (χ0) is 17.3. The molecule has 1 aromatic carbocycles. The first-order valence-electron chi connectivity index (χ1n) is 7.55. The summed E-state index contributed by atoms with van der Waals surface area (Å²) in [5, 5.41) is 9.62. The molecule has 1 aliphatic rings. The van der Waals surface area contributed by atoms with E-state index in [0.717, 1.165) is 5.04 Å². The maximum atomic E-state index is 13.9. The molecule has 2 heterocycles. The topological polar surface area (TPSA) is 73.6 Å². The summed E-state index contributed by atoms with van der Waals surface area (Å²) < 4.78 is 19.2. The number of nitrogen functional groups attached to an aromatic ring is 1. The molecular weight excluding hydrogens is 329 g/mol. The van der Waals surface area contributed by atoms with E-state index in [4.69, 9.17) is 15.1 Å². The molecule has 0 spiro atoms. The Morgan fingerprint density at radius 1 is 1.46 bits per heavy atom. The van der Waals surface area contributed by atoms with E-state index in [1.54, 1.807) is 6.92 Å². The standard InChI is InChI=1S/C17H18FN3O2S/c1-4-5-6-14(24-15-9-17(2,3)23-20-15)16-10-7-11(18)12(19)8-13(10)22-21-16/h7-8,14H,6,9,19H2,1-3H3. The van der Waals surface area contributed by atoms with Crippen molar-refractivity contribution in [1.82, 2.24) is 5.16 Å². The zero-order valence-corrected chi connectivity index (χ0v) is 14.5. The van der Waals surface area contributed by atoms with E-state index in [0.29, 0.717) is 29.5 Å². The fourth-order valence-corrected chi connectivity index (χ4v) is 3.73. The Morgan fingerprint density at radius 2 is 2.25 bits per heavy atom. The van der Waals surface area contributed by atoms with E-state index < -0.39 is 5.82 Å². The lowest BCUT2D eigenvalue weighted by Gasteiger charge is -2.14. The Labute approximate surface area is 143 Å². The second kappa shape index (κ2) is 6.36. The van der Waals surface area contributed by atoms with Gasteiger partial charge in [0.2, 0.25) is 0 Å². The molecule has 1 aliphatic heterocycles. The number of benzene rings is 1. The smallest absolute Gasteiger partial charge is 0.169 e. The molecule has 0 saturated heterocycles. The Kier molecular flexibility index (Phi) is 4.41. The SMILES string of the molecule is CC#CCC(SC1=NOC(C)(C)C1)c1noc2cc(N)c(F)cc12. The Balaban J connectivity index is 1.94. The molecule has 1 unspecified atom stereocenters. The van der Waals surface area contributed by atoms with E-state index in [2.05, 4.69) is 22.2 Å². The predicted molar refractivity (Wildman–Crippen MR) is 94.0 cm³/mol. The minimum absolute atomic E-state index is 0.0399. The number of anilines is 1. The Bertz CT molecular complexity index is 864. The summed E-state index contributed by atoms with van der Waals surface area (Å²) in [5.74, 6) is 5.45. The molecule has 126 valence electrons. The highest BCUT2D eigenvalue weighted by molar-refractivity contribution is 8.14. The van der Waals surface area contributed by atoms with Gasteiger partial charge in [-0.15, -0.1) is 11.8 Å². The first-order chi connectivity index (χ1) is 11.4. The lowest BCUT2D eigenvalue weighted by atomic mass is 10.1. The van der Waals surface area contributed by atoms with E-state index in [9.17, 15) is 4.39 Å². The van der Waals surface area contributed by atoms with Crippen molar-refractivity contribution in [1.29, 1.82) is 0 Å². The molecule has 0 bridgehead atoms. The van der Waals surface area contributed by atoms with Crippen LogP contribution in [0.5, 0.6) is 0 Å². The highest BCUT2D eigenvalue weighted by atomic mass is 32.2. The van der Waals surface area contributed by atoms with E-state index in [-0.39, 0.29) is 16.5 Å². The van der Waals surface area contributed by atoms with Crippen LogP contribution in [0.1, 0.15) is 44.6 Å². The fraction of sp³-hybridized carbons (Fsp3) is 0.412. The van der Waals surface area contributed by atoms with Crippen molar-refractivity contribution >= 4 is 33.5 Å². The van der Waals surface area contributed by atoms with Gasteiger partial charge in [-0.25, -0.2) is 4.39 Å². The Morgan fingerprint density at radius 3 is 2.92 bits per heavy atom. The number of rotatable bonds is 3. The molecule has 1 atom stereocenters. The van der Waals surface area contributed by atoms with Crippen LogP contribution >= 0.6 is 11.8 Å². The second-order valence-corrected chi connectivity index (χ2v) is 7.46. The molecule has 0 radical (unpaired) electrons. The number of hydrogen-bond donors (Lipinski definition) is 1. The van der Waals surface area contributed by atoms with Crippen LogP contribution in [0.3, 0.4) is 0 Å². The van der Waals surface area contributed by atoms with Crippen molar-refractivity contribution in [3.05, 3.63) is 23.6 Å². The lowest BCUT2D eigenvalue weighted by molar-refractivity contribution is 0.0123. The molecule has 2 aromatic rings. The molecule has 5 nitrogen and oxygen atoms in total. The Hall–Kier alpha value is -2.20. The fourth-order valence-electron chi connectivity index (χ4n) is 2.44. The normalized spacial score (nSPS) is 17.1. The van der Waals surface area contributed by atoms with Crippen LogP contribution in [0, 0.1) is 17.7 Å². The van der Waals surface area contributed by atoms with Gasteiger partial charge in [0.05, 0.1) is 10.9 Å². The summed E-state index contributed by atoms with van der Waals surface area (Å²) in [6, 6.07) is 2.81. The molecule has 24 heavy (non-hydrogen) atoms. The molecule has 7 heteroatoms. The average Bonchev–Trinajstić information content (AvgIpc) is 3.07. The summed E-state index contributed by atoms with van der Waals surface area (Å²) in [4.78, 5) is 5.41. The highest BCUT2D eigenvalue weighted by Gasteiger charge is 2.32. The monoisotopic (exact) mass is 347 g/mol. The van der Waals surface area contributed by atoms with Gasteiger partial charge in [0.15, 0.2) is 5.58 Å². The number of aromatic nitrogens is 1. The molecule has 0 amide bonds. The molecule has 0 saturated carbocycles. The predicted octanol–water partition coefficient (Wildman–Crippen LogP) is 4.25. The number of halogens is 1. The van der Waals surface area contributed by atoms with Crippen molar-refractivity contribution < 1.29 is 13.8 Å². The van der Waals surface area contributed by atoms with Gasteiger partial charge in [0.25, 0.3) is 0 Å². The van der Waals surface area contributed by atoms with Gasteiger partial charge in [0.1, 0.15) is 22.2 Å². The van der Waals surface area contributed by atoms with Gasteiger partial charge >= 0.3 is 0 Å². The van der Waals surface area contributed by atoms with Gasteiger partial charge < -0.3 is 15.1 Å². The third kappa shape index (κ3) is 3.34. The number of oxime groups is 1. The lowest BCUT2D eigenvalue weighted by Crippen LogP contribution is -2.18. The molecule has 2 N–H and O–H groups in total. The average molecular weight is 347 g/mol. The van der Waals surface area contributed by atoms with Crippen molar-refractivity contribution in [3.63, 3.8) is 0 Å². The number of nitrogens with two attached hydrogens (primary N) is 1. The number of thioether (sulfide) groups is 1. The number of hydrogen-bond acceptors (Lipinski definition) is 6. The van der Waals surface area contributed by atoms with Gasteiger partial charge in [-0.2, -0.15) is 0 Å². The van der Waals surface area contributed by atoms with Gasteiger partial charge in [-0.1, -0.05) is 22.1 Å². The zero-order valence-electron chi connectivity index (χ0n) is 13.7. The van der Waals surface area contributed by atoms with E-state index in [1.807, 2.05) is 13.8 Å². The molecule has 1 aromatic heterocycles. The van der Waals surface area contributed by atoms with Crippen molar-refractivity contribution in [3.8, 4) is 11.8 Å². The molecule has 0 fully saturated rings. The van der Waals surface area contributed by atoms with E-state index in [1.165, 1.54) is 23.9 Å². The van der Waals surface area contributed by atoms with Crippen molar-refractivity contribution in [2.45, 2.75) is 44.5 Å². The summed E-state index contributed by atoms with van der Waals surface area (Å²) in [7, 11) is 0. The first kappa shape index (κ1) is 16.7. The first-order valence-corrected chi connectivity index (χ1v) is 8.43. The van der Waals surface area contributed by atoms with Crippen molar-refractivity contribution in [2.24, 2.45) is 5.16 Å². The maximum absolute atomic E-state index is 13.9. The van der Waals surface area contributed by atoms with Gasteiger partial charge in [-0.3, -0.25) is 0 Å². The largest absolute Gasteiger partial charge is 0.396 e. The van der Waals surface area contributed by atoms with Gasteiger partial charge in [-0.05, 0) is 26.8 Å². The van der Waals surface area contributed by atoms with Crippen molar-refractivity contribution in [2.75, 3.05) is 5.73 Å². The minimum Gasteiger partial charge on any atom is -0.396 e. The van der Waals surface area contributed by atoms with E-state index >= 15 is 0 Å². The summed E-state index contributed by atoms with van der Waals surface area (Å²) in [5.41, 5.74) is 6.42. The minimum atomic E-state index is -0.486. The highest BCUT2D eigenvalue weighted by Crippen LogP contribution is 2.40. The van der Waals surface area contributed by atoms with Gasteiger partial charge in [0, 0.05) is 24.3 Å². The molecule has 3 rings (SSSR count). The summed E-state index contributed by atoms with van der Waals surface area (Å²) in [6.07, 6.45) is 1.26.